The number of benzene rings is 10. The summed E-state index contributed by atoms with van der Waals surface area (Å²) in [6.45, 7) is 0. The van der Waals surface area contributed by atoms with Gasteiger partial charge in [0.25, 0.3) is 0 Å². The first-order valence-corrected chi connectivity index (χ1v) is 19.7. The van der Waals surface area contributed by atoms with Gasteiger partial charge in [0.15, 0.2) is 0 Å². The van der Waals surface area contributed by atoms with Crippen LogP contribution in [0.15, 0.2) is 215 Å². The van der Waals surface area contributed by atoms with Gasteiger partial charge in [-0.2, -0.15) is 0 Å². The molecule has 12 rings (SSSR count). The fourth-order valence-corrected chi connectivity index (χ4v) is 8.94. The third-order valence-corrected chi connectivity index (χ3v) is 11.6. The zero-order valence-electron chi connectivity index (χ0n) is 31.3. The first kappa shape index (κ1) is 32.4. The Morgan fingerprint density at radius 1 is 0.241 bits per heavy atom. The van der Waals surface area contributed by atoms with Crippen molar-refractivity contribution in [3.8, 4) is 0 Å². The van der Waals surface area contributed by atoms with Gasteiger partial charge >= 0.3 is 0 Å². The van der Waals surface area contributed by atoms with Crippen LogP contribution in [0.5, 0.6) is 0 Å². The molecule has 58 heavy (non-hydrogen) atoms. The Hall–Kier alpha value is -7.82. The minimum atomic E-state index is 0.878. The number of fused-ring (bicyclic) bond motifs is 11. The van der Waals surface area contributed by atoms with E-state index in [9.17, 15) is 0 Å². The predicted octanol–water partition coefficient (Wildman–Crippen LogP) is 15.9. The Kier molecular flexibility index (Phi) is 7.20. The van der Waals surface area contributed by atoms with Crippen molar-refractivity contribution < 1.29 is 8.83 Å². The second kappa shape index (κ2) is 12.9. The summed E-state index contributed by atoms with van der Waals surface area (Å²) in [5.74, 6) is 0. The number of nitrogens with zero attached hydrogens (tertiary/aromatic N) is 2. The average Bonchev–Trinajstić information content (AvgIpc) is 3.85. The molecule has 4 nitrogen and oxygen atoms in total. The Balaban J connectivity index is 1.11. The molecule has 4 heteroatoms. The topological polar surface area (TPSA) is 32.8 Å². The molecule has 0 aliphatic heterocycles. The lowest BCUT2D eigenvalue weighted by molar-refractivity contribution is 0.668. The normalized spacial score (nSPS) is 11.8. The van der Waals surface area contributed by atoms with Crippen molar-refractivity contribution in [2.45, 2.75) is 0 Å². The predicted molar refractivity (Wildman–Crippen MR) is 243 cm³/mol. The number of hydrogen-bond donors (Lipinski definition) is 0. The molecule has 2 heterocycles. The van der Waals surface area contributed by atoms with Gasteiger partial charge in [0.1, 0.15) is 22.3 Å². The van der Waals surface area contributed by atoms with Crippen molar-refractivity contribution in [1.82, 2.24) is 0 Å². The van der Waals surface area contributed by atoms with Crippen molar-refractivity contribution in [3.63, 3.8) is 0 Å². The quantitative estimate of drug-likeness (QED) is 0.159. The van der Waals surface area contributed by atoms with Crippen molar-refractivity contribution in [3.05, 3.63) is 206 Å². The molecule has 0 saturated carbocycles. The van der Waals surface area contributed by atoms with E-state index in [1.165, 1.54) is 32.3 Å². The molecule has 2 aromatic heterocycles. The van der Waals surface area contributed by atoms with E-state index in [2.05, 4.69) is 192 Å². The molecular weight excluding hydrogens is 709 g/mol. The summed E-state index contributed by atoms with van der Waals surface area (Å²) in [6, 6.07) is 73.5. The van der Waals surface area contributed by atoms with E-state index in [4.69, 9.17) is 8.83 Å². The van der Waals surface area contributed by atoms with Gasteiger partial charge in [-0.05, 0) is 118 Å². The molecule has 0 aliphatic carbocycles. The summed E-state index contributed by atoms with van der Waals surface area (Å²) < 4.78 is 12.5. The SMILES string of the molecule is c1ccc(N(c2ccc3ccc4c5ccccc5c(N(c5ccccc5)c5ccc6oc7ccccc7c6c5)cc4c3c2)c2ccc3oc4ccccc4c3c2)cc1. The highest BCUT2D eigenvalue weighted by Gasteiger charge is 2.21. The number of rotatable bonds is 6. The number of hydrogen-bond acceptors (Lipinski definition) is 4. The molecule has 0 N–H and O–H groups in total. The maximum Gasteiger partial charge on any atom is 0.135 e. The van der Waals surface area contributed by atoms with Crippen LogP contribution >= 0.6 is 0 Å². The maximum absolute atomic E-state index is 6.28. The third kappa shape index (κ3) is 5.09. The largest absolute Gasteiger partial charge is 0.456 e. The molecule has 0 radical (unpaired) electrons. The van der Waals surface area contributed by atoms with Gasteiger partial charge in [0, 0.05) is 55.4 Å². The van der Waals surface area contributed by atoms with E-state index in [-0.39, 0.29) is 0 Å². The highest BCUT2D eigenvalue weighted by molar-refractivity contribution is 6.22. The van der Waals surface area contributed by atoms with Crippen LogP contribution in [0.25, 0.3) is 76.2 Å². The third-order valence-electron chi connectivity index (χ3n) is 11.6. The summed E-state index contributed by atoms with van der Waals surface area (Å²) in [7, 11) is 0. The molecule has 10 aromatic carbocycles. The Bertz CT molecular complexity index is 3530. The minimum absolute atomic E-state index is 0.878. The van der Waals surface area contributed by atoms with Gasteiger partial charge in [-0.3, -0.25) is 0 Å². The fraction of sp³-hybridized carbons (Fsp3) is 0. The maximum atomic E-state index is 6.28. The van der Waals surface area contributed by atoms with Gasteiger partial charge in [0.2, 0.25) is 0 Å². The molecule has 0 fully saturated rings. The second-order valence-electron chi connectivity index (χ2n) is 14.9. The summed E-state index contributed by atoms with van der Waals surface area (Å²) in [5.41, 5.74) is 10.0. The zero-order valence-corrected chi connectivity index (χ0v) is 31.3. The number of furan rings is 2. The van der Waals surface area contributed by atoms with E-state index in [0.29, 0.717) is 0 Å². The smallest absolute Gasteiger partial charge is 0.135 e. The van der Waals surface area contributed by atoms with Crippen LogP contribution in [-0.2, 0) is 0 Å². The highest BCUT2D eigenvalue weighted by atomic mass is 16.3. The molecule has 0 bridgehead atoms. The van der Waals surface area contributed by atoms with Crippen LogP contribution < -0.4 is 9.80 Å². The molecule has 0 aliphatic rings. The van der Waals surface area contributed by atoms with Crippen LogP contribution in [0, 0.1) is 0 Å². The number of para-hydroxylation sites is 4. The Labute approximate surface area is 334 Å². The second-order valence-corrected chi connectivity index (χ2v) is 14.9. The van der Waals surface area contributed by atoms with Crippen LogP contribution in [0.2, 0.25) is 0 Å². The molecule has 0 amide bonds. The average molecular weight is 743 g/mol. The minimum Gasteiger partial charge on any atom is -0.456 e. The zero-order chi connectivity index (χ0) is 38.2. The van der Waals surface area contributed by atoms with E-state index in [1.807, 2.05) is 24.3 Å². The molecular formula is C54H34N2O2. The lowest BCUT2D eigenvalue weighted by atomic mass is 9.94. The summed E-state index contributed by atoms with van der Waals surface area (Å²) in [6.07, 6.45) is 0. The molecule has 0 unspecified atom stereocenters. The van der Waals surface area contributed by atoms with Crippen molar-refractivity contribution in [1.29, 1.82) is 0 Å². The monoisotopic (exact) mass is 742 g/mol. The lowest BCUT2D eigenvalue weighted by Gasteiger charge is -2.28. The van der Waals surface area contributed by atoms with Crippen LogP contribution in [0.3, 0.4) is 0 Å². The summed E-state index contributed by atoms with van der Waals surface area (Å²) in [4.78, 5) is 4.74. The van der Waals surface area contributed by atoms with E-state index >= 15 is 0 Å². The summed E-state index contributed by atoms with van der Waals surface area (Å²) >= 11 is 0. The van der Waals surface area contributed by atoms with Gasteiger partial charge in [-0.1, -0.05) is 115 Å². The Morgan fingerprint density at radius 2 is 0.672 bits per heavy atom. The molecule has 272 valence electrons. The van der Waals surface area contributed by atoms with Gasteiger partial charge < -0.3 is 18.6 Å². The Morgan fingerprint density at radius 3 is 1.29 bits per heavy atom. The highest BCUT2D eigenvalue weighted by Crippen LogP contribution is 2.46. The van der Waals surface area contributed by atoms with Crippen molar-refractivity contribution in [2.24, 2.45) is 0 Å². The lowest BCUT2D eigenvalue weighted by Crippen LogP contribution is -2.11. The standard InChI is InChI=1S/C54H34N2O2/c1-3-13-36(14-4-1)55(39-26-29-53-48(32-39)44-19-9-11-21-51(44)57-53)38-25-23-35-24-28-42-41-17-7-8-18-43(41)50(34-47(42)46(35)31-38)56(37-15-5-2-6-16-37)40-27-30-54-49(33-40)45-20-10-12-22-52(45)58-54/h1-34H. The first-order valence-electron chi connectivity index (χ1n) is 19.7. The van der Waals surface area contributed by atoms with E-state index < -0.39 is 0 Å². The molecule has 0 saturated heterocycles. The van der Waals surface area contributed by atoms with Crippen molar-refractivity contribution >= 4 is 110 Å². The first-order chi connectivity index (χ1) is 28.7. The van der Waals surface area contributed by atoms with Gasteiger partial charge in [-0.25, -0.2) is 0 Å². The molecule has 0 spiro atoms. The molecule has 0 atom stereocenters. The van der Waals surface area contributed by atoms with Crippen LogP contribution in [-0.4, -0.2) is 0 Å². The van der Waals surface area contributed by atoms with Gasteiger partial charge in [0.05, 0.1) is 5.69 Å². The van der Waals surface area contributed by atoms with Crippen LogP contribution in [0.4, 0.5) is 34.1 Å². The fourth-order valence-electron chi connectivity index (χ4n) is 8.94. The van der Waals surface area contributed by atoms with Crippen molar-refractivity contribution in [2.75, 3.05) is 9.80 Å². The number of anilines is 6. The summed E-state index contributed by atoms with van der Waals surface area (Å²) in [5, 5.41) is 11.6. The van der Waals surface area contributed by atoms with E-state index in [0.717, 1.165) is 78.0 Å². The van der Waals surface area contributed by atoms with Crippen LogP contribution in [0.1, 0.15) is 0 Å². The molecule has 12 aromatic rings. The van der Waals surface area contributed by atoms with Gasteiger partial charge in [-0.15, -0.1) is 0 Å². The van der Waals surface area contributed by atoms with E-state index in [1.54, 1.807) is 0 Å².